The largest absolute Gasteiger partial charge is 0.472 e. The molecule has 61 heavy (non-hydrogen) atoms. The van der Waals surface area contributed by atoms with E-state index in [9.17, 15) is 39.8 Å². The summed E-state index contributed by atoms with van der Waals surface area (Å²) in [6.45, 7) is 4.14. The lowest BCUT2D eigenvalue weighted by Gasteiger charge is -2.41. The number of unbranched alkanes of at least 4 members (excludes halogenated alkanes) is 20. The number of hydrogen-bond donors (Lipinski definition) is 6. The third-order valence-electron chi connectivity index (χ3n) is 11.0. The highest BCUT2D eigenvalue weighted by atomic mass is 31.2. The van der Waals surface area contributed by atoms with Crippen LogP contribution in [0.5, 0.6) is 0 Å². The molecule has 0 spiro atoms. The predicted molar refractivity (Wildman–Crippen MR) is 244 cm³/mol. The van der Waals surface area contributed by atoms with E-state index in [-0.39, 0.29) is 13.0 Å². The third kappa shape index (κ3) is 30.9. The van der Waals surface area contributed by atoms with E-state index >= 15 is 0 Å². The quantitative estimate of drug-likeness (QED) is 0.0148. The van der Waals surface area contributed by atoms with Crippen LogP contribution in [-0.2, 0) is 27.9 Å². The first-order valence-electron chi connectivity index (χ1n) is 24.0. The second kappa shape index (κ2) is 38.7. The number of esters is 1. The smallest absolute Gasteiger partial charge is 0.457 e. The Labute approximate surface area is 369 Å². The van der Waals surface area contributed by atoms with Gasteiger partial charge in [-0.05, 0) is 51.4 Å². The van der Waals surface area contributed by atoms with Crippen LogP contribution in [0.25, 0.3) is 0 Å². The van der Waals surface area contributed by atoms with E-state index in [1.165, 1.54) is 89.9 Å². The molecule has 1 rings (SSSR count). The summed E-state index contributed by atoms with van der Waals surface area (Å²) in [5.74, 6) is -0.482. The molecule has 0 aromatic heterocycles. The first kappa shape index (κ1) is 57.3. The number of allylic oxidation sites excluding steroid dienone is 8. The van der Waals surface area contributed by atoms with Gasteiger partial charge in [0.15, 0.2) is 0 Å². The number of aliphatic hydroxyl groups excluding tert-OH is 5. The van der Waals surface area contributed by atoms with Crippen LogP contribution in [0.15, 0.2) is 48.6 Å². The normalized spacial score (nSPS) is 22.6. The average molecular weight is 887 g/mol. The van der Waals surface area contributed by atoms with Crippen LogP contribution in [0.3, 0.4) is 0 Å². The highest BCUT2D eigenvalue weighted by Gasteiger charge is 2.51. The first-order chi connectivity index (χ1) is 29.5. The molecular weight excluding hydrogens is 799 g/mol. The topological polar surface area (TPSA) is 192 Å². The zero-order chi connectivity index (χ0) is 44.8. The zero-order valence-electron chi connectivity index (χ0n) is 38.0. The molecular formula is C48H87O12P. The molecule has 356 valence electrons. The van der Waals surface area contributed by atoms with Crippen molar-refractivity contribution in [1.29, 1.82) is 0 Å². The molecule has 0 bridgehead atoms. The monoisotopic (exact) mass is 887 g/mol. The molecule has 1 saturated carbocycles. The Kier molecular flexibility index (Phi) is 36.4. The van der Waals surface area contributed by atoms with Crippen molar-refractivity contribution in [2.45, 2.75) is 230 Å². The summed E-state index contributed by atoms with van der Waals surface area (Å²) in [6.07, 6.45) is 34.7. The van der Waals surface area contributed by atoms with Crippen molar-refractivity contribution in [2.75, 3.05) is 19.8 Å². The van der Waals surface area contributed by atoms with Gasteiger partial charge in [0, 0.05) is 13.0 Å². The van der Waals surface area contributed by atoms with Gasteiger partial charge in [-0.15, -0.1) is 0 Å². The van der Waals surface area contributed by atoms with Crippen LogP contribution < -0.4 is 0 Å². The summed E-state index contributed by atoms with van der Waals surface area (Å²) in [5.41, 5.74) is 0. The van der Waals surface area contributed by atoms with Gasteiger partial charge in [-0.25, -0.2) is 4.57 Å². The number of rotatable bonds is 40. The van der Waals surface area contributed by atoms with Crippen molar-refractivity contribution in [2.24, 2.45) is 0 Å². The number of carbonyl (C=O) groups is 1. The Balaban J connectivity index is 2.32. The maximum Gasteiger partial charge on any atom is 0.472 e. The van der Waals surface area contributed by atoms with Gasteiger partial charge in [-0.1, -0.05) is 178 Å². The molecule has 13 heteroatoms. The highest BCUT2D eigenvalue weighted by molar-refractivity contribution is 7.47. The van der Waals surface area contributed by atoms with Crippen molar-refractivity contribution in [3.05, 3.63) is 48.6 Å². The second-order valence-electron chi connectivity index (χ2n) is 16.6. The van der Waals surface area contributed by atoms with Crippen molar-refractivity contribution < 1.29 is 58.3 Å². The second-order valence-corrected chi connectivity index (χ2v) is 18.0. The SMILES string of the molecule is CC/C=C\C/C=C\C/C=C\C/C=C\CCCCCCCCCCCCC(=O)OC(COCCCCCCCCCCCCC)COP(=O)(O)OC1C(O)C(O)C(O)C(O)C1O. The number of carbonyl (C=O) groups excluding carboxylic acids is 1. The number of aliphatic hydroxyl groups is 5. The highest BCUT2D eigenvalue weighted by Crippen LogP contribution is 2.47. The van der Waals surface area contributed by atoms with Crippen LogP contribution in [0, 0.1) is 0 Å². The predicted octanol–water partition coefficient (Wildman–Crippen LogP) is 10.0. The van der Waals surface area contributed by atoms with Crippen molar-refractivity contribution in [3.8, 4) is 0 Å². The first-order valence-corrected chi connectivity index (χ1v) is 25.5. The number of hydrogen-bond acceptors (Lipinski definition) is 11. The van der Waals surface area contributed by atoms with Gasteiger partial charge in [-0.2, -0.15) is 0 Å². The Morgan fingerprint density at radius 2 is 0.967 bits per heavy atom. The average Bonchev–Trinajstić information content (AvgIpc) is 3.24. The summed E-state index contributed by atoms with van der Waals surface area (Å²) in [5, 5.41) is 50.2. The van der Waals surface area contributed by atoms with Gasteiger partial charge in [-0.3, -0.25) is 13.8 Å². The molecule has 0 radical (unpaired) electrons. The van der Waals surface area contributed by atoms with E-state index < -0.39 is 63.1 Å². The molecule has 0 aliphatic heterocycles. The van der Waals surface area contributed by atoms with Crippen LogP contribution in [-0.4, -0.2) is 98.9 Å². The van der Waals surface area contributed by atoms with Gasteiger partial charge in [0.05, 0.1) is 13.2 Å². The fraction of sp³-hybridized carbons (Fsp3) is 0.812. The standard InChI is InChI=1S/C48H87O12P/c1-3-5-7-9-11-13-15-16-17-18-19-20-21-22-23-24-25-26-27-29-31-33-35-37-42(49)59-41(39-57-38-36-34-32-30-28-14-12-10-8-6-4-2)40-58-61(55,56)60-48-46(53)44(51)43(50)45(52)47(48)54/h5,7,11,13,16-17,19-20,41,43-48,50-54H,3-4,6,8-10,12,14-15,18,21-40H2,1-2H3,(H,55,56)/b7-5-,13-11-,17-16-,20-19-. The van der Waals surface area contributed by atoms with Gasteiger partial charge in [0.1, 0.15) is 42.7 Å². The molecule has 0 heterocycles. The number of phosphoric acid groups is 1. The molecule has 0 saturated heterocycles. The fourth-order valence-electron chi connectivity index (χ4n) is 7.17. The maximum absolute atomic E-state index is 12.8. The third-order valence-corrected chi connectivity index (χ3v) is 12.0. The van der Waals surface area contributed by atoms with E-state index in [0.29, 0.717) is 13.0 Å². The van der Waals surface area contributed by atoms with Gasteiger partial charge < -0.3 is 39.9 Å². The maximum atomic E-state index is 12.8. The molecule has 0 amide bonds. The zero-order valence-corrected chi connectivity index (χ0v) is 38.8. The lowest BCUT2D eigenvalue weighted by atomic mass is 9.85. The molecule has 6 atom stereocenters. The van der Waals surface area contributed by atoms with Crippen LogP contribution in [0.4, 0.5) is 0 Å². The molecule has 6 N–H and O–H groups in total. The Morgan fingerprint density at radius 1 is 0.541 bits per heavy atom. The summed E-state index contributed by atoms with van der Waals surface area (Å²) in [4.78, 5) is 23.2. The number of ether oxygens (including phenoxy) is 2. The van der Waals surface area contributed by atoms with E-state index in [4.69, 9.17) is 18.5 Å². The lowest BCUT2D eigenvalue weighted by molar-refractivity contribution is -0.220. The van der Waals surface area contributed by atoms with E-state index in [2.05, 4.69) is 62.5 Å². The Morgan fingerprint density at radius 3 is 1.48 bits per heavy atom. The van der Waals surface area contributed by atoms with E-state index in [1.807, 2.05) is 0 Å². The molecule has 0 aromatic carbocycles. The summed E-state index contributed by atoms with van der Waals surface area (Å²) in [7, 11) is -5.02. The summed E-state index contributed by atoms with van der Waals surface area (Å²) in [6, 6.07) is 0. The number of phosphoric ester groups is 1. The van der Waals surface area contributed by atoms with Gasteiger partial charge in [0.2, 0.25) is 0 Å². The minimum atomic E-state index is -5.02. The summed E-state index contributed by atoms with van der Waals surface area (Å²) >= 11 is 0. The van der Waals surface area contributed by atoms with Crippen LogP contribution in [0.1, 0.15) is 187 Å². The Bertz CT molecular complexity index is 1190. The summed E-state index contributed by atoms with van der Waals surface area (Å²) < 4.78 is 34.2. The minimum Gasteiger partial charge on any atom is -0.457 e. The Hall–Kier alpha value is -1.70. The molecule has 1 aliphatic rings. The van der Waals surface area contributed by atoms with Crippen molar-refractivity contribution >= 4 is 13.8 Å². The molecule has 1 aliphatic carbocycles. The van der Waals surface area contributed by atoms with Gasteiger partial charge >= 0.3 is 13.8 Å². The van der Waals surface area contributed by atoms with Crippen molar-refractivity contribution in [3.63, 3.8) is 0 Å². The molecule has 6 unspecified atom stereocenters. The van der Waals surface area contributed by atoms with Crippen LogP contribution in [0.2, 0.25) is 0 Å². The van der Waals surface area contributed by atoms with Crippen molar-refractivity contribution in [1.82, 2.24) is 0 Å². The van der Waals surface area contributed by atoms with E-state index in [1.54, 1.807) is 0 Å². The van der Waals surface area contributed by atoms with Gasteiger partial charge in [0.25, 0.3) is 0 Å². The van der Waals surface area contributed by atoms with E-state index in [0.717, 1.165) is 70.6 Å². The minimum absolute atomic E-state index is 0.0771. The lowest BCUT2D eigenvalue weighted by Crippen LogP contribution is -2.64. The fourth-order valence-corrected chi connectivity index (χ4v) is 8.14. The van der Waals surface area contributed by atoms with Crippen LogP contribution >= 0.6 is 7.82 Å². The molecule has 0 aromatic rings. The molecule has 1 fully saturated rings. The molecule has 12 nitrogen and oxygen atoms in total.